The smallest absolute Gasteiger partial charge is 0.257 e. The summed E-state index contributed by atoms with van der Waals surface area (Å²) in [5.41, 5.74) is 2.42. The highest BCUT2D eigenvalue weighted by atomic mass is 16.2. The van der Waals surface area contributed by atoms with Crippen molar-refractivity contribution in [2.45, 2.75) is 26.7 Å². The molecule has 2 rings (SSSR count). The van der Waals surface area contributed by atoms with Gasteiger partial charge in [-0.15, -0.1) is 0 Å². The molecule has 0 radical (unpaired) electrons. The van der Waals surface area contributed by atoms with E-state index >= 15 is 0 Å². The summed E-state index contributed by atoms with van der Waals surface area (Å²) in [5.74, 6) is 0.694. The lowest BCUT2D eigenvalue weighted by atomic mass is 9.97. The van der Waals surface area contributed by atoms with Gasteiger partial charge in [0.1, 0.15) is 0 Å². The standard InChI is InChI=1S/C13H22N4O/c1-9-12(10(2)16-15-9)13(18)17-6-4-5-11(8-17)7-14-3/h11,14H,4-8H2,1-3H3,(H,15,16). The van der Waals surface area contributed by atoms with E-state index in [1.165, 1.54) is 6.42 Å². The average molecular weight is 250 g/mol. The van der Waals surface area contributed by atoms with Crippen molar-refractivity contribution in [3.05, 3.63) is 17.0 Å². The van der Waals surface area contributed by atoms with Crippen molar-refractivity contribution in [3.63, 3.8) is 0 Å². The molecule has 1 amide bonds. The topological polar surface area (TPSA) is 61.0 Å². The molecule has 5 heteroatoms. The Morgan fingerprint density at radius 3 is 2.94 bits per heavy atom. The van der Waals surface area contributed by atoms with Crippen LogP contribution in [0.15, 0.2) is 0 Å². The maximum absolute atomic E-state index is 12.5. The molecule has 0 spiro atoms. The molecular formula is C13H22N4O. The normalized spacial score (nSPS) is 20.2. The van der Waals surface area contributed by atoms with E-state index in [1.54, 1.807) is 0 Å². The summed E-state index contributed by atoms with van der Waals surface area (Å²) in [5, 5.41) is 10.2. The minimum Gasteiger partial charge on any atom is -0.338 e. The number of aromatic nitrogens is 2. The number of rotatable bonds is 3. The second-order valence-corrected chi connectivity index (χ2v) is 5.13. The monoisotopic (exact) mass is 250 g/mol. The Balaban J connectivity index is 2.09. The molecule has 100 valence electrons. The molecule has 1 aliphatic heterocycles. The summed E-state index contributed by atoms with van der Waals surface area (Å²) in [6, 6.07) is 0. The number of carbonyl (C=O) groups is 1. The summed E-state index contributed by atoms with van der Waals surface area (Å²) in [4.78, 5) is 14.5. The average Bonchev–Trinajstić information content (AvgIpc) is 2.69. The SMILES string of the molecule is CNCC1CCCN(C(=O)c2c(C)n[nH]c2C)C1. The summed E-state index contributed by atoms with van der Waals surface area (Å²) < 4.78 is 0. The number of likely N-dealkylation sites (tertiary alicyclic amines) is 1. The number of nitrogens with zero attached hydrogens (tertiary/aromatic N) is 2. The third-order valence-corrected chi connectivity index (χ3v) is 3.64. The summed E-state index contributed by atoms with van der Waals surface area (Å²) in [6.45, 7) is 6.48. The molecule has 1 aromatic rings. The third kappa shape index (κ3) is 2.56. The van der Waals surface area contributed by atoms with Gasteiger partial charge in [-0.1, -0.05) is 0 Å². The minimum atomic E-state index is 0.125. The van der Waals surface area contributed by atoms with Gasteiger partial charge in [0.25, 0.3) is 5.91 Å². The number of amides is 1. The van der Waals surface area contributed by atoms with Crippen LogP contribution in [-0.4, -0.2) is 47.7 Å². The van der Waals surface area contributed by atoms with E-state index in [9.17, 15) is 4.79 Å². The van der Waals surface area contributed by atoms with Crippen LogP contribution in [0.1, 0.15) is 34.6 Å². The quantitative estimate of drug-likeness (QED) is 0.844. The zero-order chi connectivity index (χ0) is 13.1. The predicted octanol–water partition coefficient (Wildman–Crippen LogP) is 1.10. The summed E-state index contributed by atoms with van der Waals surface area (Å²) >= 11 is 0. The molecule has 1 aliphatic rings. The minimum absolute atomic E-state index is 0.125. The van der Waals surface area contributed by atoms with Gasteiger partial charge in [-0.05, 0) is 46.2 Å². The Kier molecular flexibility index (Phi) is 4.01. The van der Waals surface area contributed by atoms with Crippen LogP contribution in [0, 0.1) is 19.8 Å². The molecule has 1 atom stereocenters. The van der Waals surface area contributed by atoms with Crippen molar-refractivity contribution in [2.75, 3.05) is 26.7 Å². The molecule has 2 N–H and O–H groups in total. The second kappa shape index (κ2) is 5.52. The molecule has 1 unspecified atom stereocenters. The van der Waals surface area contributed by atoms with Crippen molar-refractivity contribution < 1.29 is 4.79 Å². The Morgan fingerprint density at radius 2 is 2.33 bits per heavy atom. The Labute approximate surface area is 108 Å². The van der Waals surface area contributed by atoms with Gasteiger partial charge in [-0.25, -0.2) is 0 Å². The zero-order valence-electron chi connectivity index (χ0n) is 11.4. The highest BCUT2D eigenvalue weighted by Gasteiger charge is 2.26. The Bertz CT molecular complexity index is 405. The molecule has 0 aliphatic carbocycles. The van der Waals surface area contributed by atoms with Crippen LogP contribution in [0.2, 0.25) is 0 Å². The Hall–Kier alpha value is -1.36. The van der Waals surface area contributed by atoms with Crippen LogP contribution in [0.3, 0.4) is 0 Å². The van der Waals surface area contributed by atoms with Crippen LogP contribution < -0.4 is 5.32 Å². The van der Waals surface area contributed by atoms with E-state index in [-0.39, 0.29) is 5.91 Å². The van der Waals surface area contributed by atoms with Gasteiger partial charge >= 0.3 is 0 Å². The molecule has 1 fully saturated rings. The van der Waals surface area contributed by atoms with Gasteiger partial charge in [-0.3, -0.25) is 9.89 Å². The first kappa shape index (κ1) is 13.1. The molecular weight excluding hydrogens is 228 g/mol. The van der Waals surface area contributed by atoms with Gasteiger partial charge < -0.3 is 10.2 Å². The lowest BCUT2D eigenvalue weighted by Crippen LogP contribution is -2.42. The van der Waals surface area contributed by atoms with E-state index in [1.807, 2.05) is 25.8 Å². The zero-order valence-corrected chi connectivity index (χ0v) is 11.4. The van der Waals surface area contributed by atoms with E-state index in [4.69, 9.17) is 0 Å². The maximum atomic E-state index is 12.5. The first-order valence-electron chi connectivity index (χ1n) is 6.59. The third-order valence-electron chi connectivity index (χ3n) is 3.64. The summed E-state index contributed by atoms with van der Waals surface area (Å²) in [7, 11) is 1.96. The maximum Gasteiger partial charge on any atom is 0.257 e. The van der Waals surface area contributed by atoms with Gasteiger partial charge in [-0.2, -0.15) is 5.10 Å². The van der Waals surface area contributed by atoms with Crippen molar-refractivity contribution in [3.8, 4) is 0 Å². The molecule has 0 aromatic carbocycles. The van der Waals surface area contributed by atoms with Crippen LogP contribution in [0.25, 0.3) is 0 Å². The fourth-order valence-electron chi connectivity index (χ4n) is 2.73. The van der Waals surface area contributed by atoms with Gasteiger partial charge in [0.2, 0.25) is 0 Å². The number of nitrogens with one attached hydrogen (secondary N) is 2. The number of carbonyl (C=O) groups excluding carboxylic acids is 1. The molecule has 1 aromatic heterocycles. The van der Waals surface area contributed by atoms with Crippen molar-refractivity contribution in [1.29, 1.82) is 0 Å². The van der Waals surface area contributed by atoms with Gasteiger partial charge in [0, 0.05) is 18.8 Å². The molecule has 2 heterocycles. The van der Waals surface area contributed by atoms with Crippen molar-refractivity contribution in [1.82, 2.24) is 20.4 Å². The van der Waals surface area contributed by atoms with E-state index < -0.39 is 0 Å². The molecule has 0 bridgehead atoms. The largest absolute Gasteiger partial charge is 0.338 e. The number of piperidine rings is 1. The number of hydrogen-bond acceptors (Lipinski definition) is 3. The number of hydrogen-bond donors (Lipinski definition) is 2. The highest BCUT2D eigenvalue weighted by Crippen LogP contribution is 2.20. The summed E-state index contributed by atoms with van der Waals surface area (Å²) in [6.07, 6.45) is 2.29. The number of aryl methyl sites for hydroxylation is 2. The van der Waals surface area contributed by atoms with E-state index in [0.717, 1.165) is 43.0 Å². The second-order valence-electron chi connectivity index (χ2n) is 5.13. The molecule has 0 saturated carbocycles. The molecule has 18 heavy (non-hydrogen) atoms. The fraction of sp³-hybridized carbons (Fsp3) is 0.692. The van der Waals surface area contributed by atoms with Crippen LogP contribution in [-0.2, 0) is 0 Å². The van der Waals surface area contributed by atoms with Gasteiger partial charge in [0.15, 0.2) is 0 Å². The van der Waals surface area contributed by atoms with E-state index in [2.05, 4.69) is 15.5 Å². The van der Waals surface area contributed by atoms with Gasteiger partial charge in [0.05, 0.1) is 11.3 Å². The fourth-order valence-corrected chi connectivity index (χ4v) is 2.73. The Morgan fingerprint density at radius 1 is 1.56 bits per heavy atom. The van der Waals surface area contributed by atoms with E-state index in [0.29, 0.717) is 5.92 Å². The van der Waals surface area contributed by atoms with Crippen LogP contribution in [0.4, 0.5) is 0 Å². The number of H-pyrrole nitrogens is 1. The lowest BCUT2D eigenvalue weighted by molar-refractivity contribution is 0.0673. The first-order valence-corrected chi connectivity index (χ1v) is 6.59. The molecule has 5 nitrogen and oxygen atoms in total. The van der Waals surface area contributed by atoms with Crippen LogP contribution >= 0.6 is 0 Å². The molecule has 1 saturated heterocycles. The lowest BCUT2D eigenvalue weighted by Gasteiger charge is -2.32. The van der Waals surface area contributed by atoms with Crippen molar-refractivity contribution in [2.24, 2.45) is 5.92 Å². The first-order chi connectivity index (χ1) is 8.63. The predicted molar refractivity (Wildman–Crippen MR) is 70.6 cm³/mol. The van der Waals surface area contributed by atoms with Crippen molar-refractivity contribution >= 4 is 5.91 Å². The van der Waals surface area contributed by atoms with Crippen LogP contribution in [0.5, 0.6) is 0 Å². The highest BCUT2D eigenvalue weighted by molar-refractivity contribution is 5.96. The number of aromatic amines is 1.